The maximum Gasteiger partial charge on any atom is 0.322 e. The van der Waals surface area contributed by atoms with Crippen LogP contribution in [0.3, 0.4) is 0 Å². The van der Waals surface area contributed by atoms with Crippen molar-refractivity contribution in [2.24, 2.45) is 0 Å². The van der Waals surface area contributed by atoms with Gasteiger partial charge in [0.25, 0.3) is 0 Å². The van der Waals surface area contributed by atoms with Crippen LogP contribution in [0.4, 0.5) is 10.5 Å². The topological polar surface area (TPSA) is 91.5 Å². The molecule has 0 radical (unpaired) electrons. The lowest BCUT2D eigenvalue weighted by Crippen LogP contribution is -2.38. The number of amides is 2. The first-order valence-corrected chi connectivity index (χ1v) is 7.26. The zero-order chi connectivity index (χ0) is 15.5. The van der Waals surface area contributed by atoms with Crippen LogP contribution in [-0.4, -0.2) is 45.4 Å². The minimum atomic E-state index is -0.182. The molecule has 1 aromatic heterocycles. The number of nitrogens with zero attached hydrogens (tertiary/aromatic N) is 3. The summed E-state index contributed by atoms with van der Waals surface area (Å²) in [4.78, 5) is 13.9. The molecule has 1 heterocycles. The molecule has 0 bridgehead atoms. The number of hydrogen-bond donors (Lipinski definition) is 2. The predicted octanol–water partition coefficient (Wildman–Crippen LogP) is 2.03. The number of aliphatic hydroxyl groups is 1. The summed E-state index contributed by atoms with van der Waals surface area (Å²) in [6.07, 6.45) is 2.01. The van der Waals surface area contributed by atoms with Crippen molar-refractivity contribution in [2.45, 2.75) is 25.8 Å². The van der Waals surface area contributed by atoms with Crippen molar-refractivity contribution in [2.75, 3.05) is 18.5 Å². The number of hydrogen-bond acceptors (Lipinski definition) is 5. The standard InChI is InChI=1S/C15H18N4O3/c1-10-17-18-14(22-10)11-2-4-12(5-3-11)16-15(21)19(8-9-20)13-6-7-13/h2-5,13,20H,6-9H2,1H3,(H,16,21). The van der Waals surface area contributed by atoms with Crippen LogP contribution in [0.2, 0.25) is 0 Å². The number of nitrogens with one attached hydrogen (secondary N) is 1. The minimum absolute atomic E-state index is 0.0284. The van der Waals surface area contributed by atoms with Gasteiger partial charge in [-0.15, -0.1) is 10.2 Å². The van der Waals surface area contributed by atoms with Gasteiger partial charge in [-0.1, -0.05) is 0 Å². The van der Waals surface area contributed by atoms with Gasteiger partial charge in [0.05, 0.1) is 6.61 Å². The highest BCUT2D eigenvalue weighted by Crippen LogP contribution is 2.27. The molecule has 116 valence electrons. The number of anilines is 1. The molecule has 1 aliphatic carbocycles. The molecule has 7 heteroatoms. The molecule has 1 aromatic carbocycles. The van der Waals surface area contributed by atoms with Crippen LogP contribution in [0.25, 0.3) is 11.5 Å². The number of aryl methyl sites for hydroxylation is 1. The first-order valence-electron chi connectivity index (χ1n) is 7.26. The number of rotatable bonds is 5. The molecule has 0 saturated heterocycles. The Kier molecular flexibility index (Phi) is 4.06. The van der Waals surface area contributed by atoms with Gasteiger partial charge in [0, 0.05) is 30.8 Å². The second-order valence-electron chi connectivity index (χ2n) is 5.28. The Morgan fingerprint density at radius 2 is 2.09 bits per heavy atom. The SMILES string of the molecule is Cc1nnc(-c2ccc(NC(=O)N(CCO)C3CC3)cc2)o1. The molecule has 3 rings (SSSR count). The van der Waals surface area contributed by atoms with Crippen molar-refractivity contribution in [1.82, 2.24) is 15.1 Å². The molecule has 0 unspecified atom stereocenters. The average molecular weight is 302 g/mol. The molecule has 0 aliphatic heterocycles. The van der Waals surface area contributed by atoms with Crippen LogP contribution >= 0.6 is 0 Å². The van der Waals surface area contributed by atoms with Crippen LogP contribution in [-0.2, 0) is 0 Å². The molecule has 2 N–H and O–H groups in total. The lowest BCUT2D eigenvalue weighted by Gasteiger charge is -2.21. The van der Waals surface area contributed by atoms with Crippen molar-refractivity contribution in [3.05, 3.63) is 30.2 Å². The van der Waals surface area contributed by atoms with E-state index in [2.05, 4.69) is 15.5 Å². The van der Waals surface area contributed by atoms with Crippen molar-refractivity contribution in [3.8, 4) is 11.5 Å². The monoisotopic (exact) mass is 302 g/mol. The molecular formula is C15H18N4O3. The third-order valence-corrected chi connectivity index (χ3v) is 3.50. The van der Waals surface area contributed by atoms with E-state index in [-0.39, 0.29) is 18.7 Å². The fourth-order valence-corrected chi connectivity index (χ4v) is 2.25. The third kappa shape index (κ3) is 3.25. The molecule has 2 aromatic rings. The molecule has 1 saturated carbocycles. The summed E-state index contributed by atoms with van der Waals surface area (Å²) in [5, 5.41) is 19.6. The van der Waals surface area contributed by atoms with Crippen LogP contribution in [0.1, 0.15) is 18.7 Å². The van der Waals surface area contributed by atoms with Crippen molar-refractivity contribution < 1.29 is 14.3 Å². The van der Waals surface area contributed by atoms with Gasteiger partial charge in [-0.3, -0.25) is 0 Å². The minimum Gasteiger partial charge on any atom is -0.421 e. The van der Waals surface area contributed by atoms with E-state index in [0.29, 0.717) is 24.0 Å². The van der Waals surface area contributed by atoms with E-state index >= 15 is 0 Å². The van der Waals surface area contributed by atoms with E-state index in [1.807, 2.05) is 12.1 Å². The molecule has 0 atom stereocenters. The van der Waals surface area contributed by atoms with E-state index in [9.17, 15) is 4.79 Å². The largest absolute Gasteiger partial charge is 0.421 e. The van der Waals surface area contributed by atoms with Gasteiger partial charge >= 0.3 is 6.03 Å². The molecule has 1 fully saturated rings. The summed E-state index contributed by atoms with van der Waals surface area (Å²) in [5.74, 6) is 0.965. The maximum absolute atomic E-state index is 12.2. The highest BCUT2D eigenvalue weighted by molar-refractivity contribution is 5.90. The Balaban J connectivity index is 1.66. The molecule has 1 aliphatic rings. The fraction of sp³-hybridized carbons (Fsp3) is 0.400. The Bertz CT molecular complexity index is 649. The Morgan fingerprint density at radius 1 is 1.36 bits per heavy atom. The second kappa shape index (κ2) is 6.15. The predicted molar refractivity (Wildman–Crippen MR) is 80.3 cm³/mol. The zero-order valence-electron chi connectivity index (χ0n) is 12.3. The zero-order valence-corrected chi connectivity index (χ0v) is 12.3. The van der Waals surface area contributed by atoms with Gasteiger partial charge in [-0.25, -0.2) is 4.79 Å². The van der Waals surface area contributed by atoms with Gasteiger partial charge in [0.1, 0.15) is 0 Å². The van der Waals surface area contributed by atoms with Gasteiger partial charge in [-0.05, 0) is 37.1 Å². The Hall–Kier alpha value is -2.41. The molecule has 2 amide bonds. The number of urea groups is 1. The van der Waals surface area contributed by atoms with Crippen LogP contribution < -0.4 is 5.32 Å². The normalized spacial score (nSPS) is 13.9. The van der Waals surface area contributed by atoms with Gasteiger partial charge < -0.3 is 19.7 Å². The fourth-order valence-electron chi connectivity index (χ4n) is 2.25. The van der Waals surface area contributed by atoms with Crippen LogP contribution in [0, 0.1) is 6.92 Å². The number of aliphatic hydroxyl groups excluding tert-OH is 1. The summed E-state index contributed by atoms with van der Waals surface area (Å²) in [5.41, 5.74) is 1.49. The smallest absolute Gasteiger partial charge is 0.322 e. The van der Waals surface area contributed by atoms with Crippen molar-refractivity contribution in [1.29, 1.82) is 0 Å². The lowest BCUT2D eigenvalue weighted by molar-refractivity contribution is 0.185. The highest BCUT2D eigenvalue weighted by atomic mass is 16.4. The highest BCUT2D eigenvalue weighted by Gasteiger charge is 2.32. The molecule has 7 nitrogen and oxygen atoms in total. The molecule has 22 heavy (non-hydrogen) atoms. The Morgan fingerprint density at radius 3 is 2.64 bits per heavy atom. The number of benzene rings is 1. The van der Waals surface area contributed by atoms with Crippen molar-refractivity contribution in [3.63, 3.8) is 0 Å². The van der Waals surface area contributed by atoms with Gasteiger partial charge in [0.15, 0.2) is 0 Å². The molecular weight excluding hydrogens is 284 g/mol. The summed E-state index contributed by atoms with van der Waals surface area (Å²) in [7, 11) is 0. The molecule has 0 spiro atoms. The third-order valence-electron chi connectivity index (χ3n) is 3.50. The number of carbonyl (C=O) groups is 1. The summed E-state index contributed by atoms with van der Waals surface area (Å²) in [6, 6.07) is 7.28. The second-order valence-corrected chi connectivity index (χ2v) is 5.28. The maximum atomic E-state index is 12.2. The van der Waals surface area contributed by atoms with Gasteiger partial charge in [0.2, 0.25) is 11.8 Å². The van der Waals surface area contributed by atoms with Gasteiger partial charge in [-0.2, -0.15) is 0 Å². The summed E-state index contributed by atoms with van der Waals surface area (Å²) < 4.78 is 5.35. The van der Waals surface area contributed by atoms with Crippen LogP contribution in [0.5, 0.6) is 0 Å². The number of carbonyl (C=O) groups excluding carboxylic acids is 1. The Labute approximate surface area is 128 Å². The van der Waals surface area contributed by atoms with E-state index < -0.39 is 0 Å². The van der Waals surface area contributed by atoms with E-state index in [1.165, 1.54) is 0 Å². The number of aromatic nitrogens is 2. The first-order chi connectivity index (χ1) is 10.7. The van der Waals surface area contributed by atoms with E-state index in [4.69, 9.17) is 9.52 Å². The van der Waals surface area contributed by atoms with Crippen LogP contribution in [0.15, 0.2) is 28.7 Å². The lowest BCUT2D eigenvalue weighted by atomic mass is 10.2. The quantitative estimate of drug-likeness (QED) is 0.881. The first kappa shape index (κ1) is 14.5. The average Bonchev–Trinajstić information content (AvgIpc) is 3.26. The van der Waals surface area contributed by atoms with E-state index in [1.54, 1.807) is 24.0 Å². The van der Waals surface area contributed by atoms with E-state index in [0.717, 1.165) is 18.4 Å². The van der Waals surface area contributed by atoms with Crippen molar-refractivity contribution >= 4 is 11.7 Å². The summed E-state index contributed by atoms with van der Waals surface area (Å²) >= 11 is 0. The summed E-state index contributed by atoms with van der Waals surface area (Å²) in [6.45, 7) is 2.06.